The van der Waals surface area contributed by atoms with Gasteiger partial charge < -0.3 is 19.5 Å². The van der Waals surface area contributed by atoms with Crippen LogP contribution in [0, 0.1) is 0 Å². The van der Waals surface area contributed by atoms with Crippen LogP contribution < -0.4 is 25.0 Å². The van der Waals surface area contributed by atoms with E-state index in [1.54, 1.807) is 36.4 Å². The van der Waals surface area contributed by atoms with Crippen LogP contribution in [0.5, 0.6) is 17.2 Å². The molecule has 0 saturated heterocycles. The minimum absolute atomic E-state index is 0.00322. The first-order valence-electron chi connectivity index (χ1n) is 8.64. The van der Waals surface area contributed by atoms with E-state index in [0.29, 0.717) is 33.5 Å². The molecule has 2 amide bonds. The molecule has 0 aliphatic heterocycles. The second-order valence-electron chi connectivity index (χ2n) is 5.78. The van der Waals surface area contributed by atoms with E-state index in [0.717, 1.165) is 0 Å². The first kappa shape index (κ1) is 22.0. The molecule has 0 heterocycles. The maximum absolute atomic E-state index is 11.9. The molecule has 0 aliphatic rings. The van der Waals surface area contributed by atoms with E-state index in [9.17, 15) is 9.59 Å². The van der Waals surface area contributed by atoms with Gasteiger partial charge in [0.05, 0.1) is 38.3 Å². The molecule has 0 unspecified atom stereocenters. The molecule has 8 nitrogen and oxygen atoms in total. The summed E-state index contributed by atoms with van der Waals surface area (Å²) in [6.45, 7) is 0. The van der Waals surface area contributed by atoms with Gasteiger partial charge in [-0.15, -0.1) is 0 Å². The standard InChI is InChI=1S/C20H22ClN3O5/c1-27-16-10-13(11-17(28-2)20(16)29-3)12-22-24-19(26)9-8-18(25)23-15-7-5-4-6-14(15)21/h4-7,10-12H,8-9H2,1-3H3,(H,23,25)(H,24,26). The predicted molar refractivity (Wildman–Crippen MR) is 111 cm³/mol. The largest absolute Gasteiger partial charge is 0.493 e. The van der Waals surface area contributed by atoms with Gasteiger partial charge in [0.2, 0.25) is 17.6 Å². The fourth-order valence-corrected chi connectivity index (χ4v) is 2.60. The second-order valence-corrected chi connectivity index (χ2v) is 6.19. The number of anilines is 1. The summed E-state index contributed by atoms with van der Waals surface area (Å²) in [6, 6.07) is 10.2. The van der Waals surface area contributed by atoms with Gasteiger partial charge in [0.25, 0.3) is 0 Å². The fraction of sp³-hybridized carbons (Fsp3) is 0.250. The molecule has 154 valence electrons. The normalized spacial score (nSPS) is 10.5. The molecule has 29 heavy (non-hydrogen) atoms. The highest BCUT2D eigenvalue weighted by Gasteiger charge is 2.12. The van der Waals surface area contributed by atoms with Crippen LogP contribution in [-0.4, -0.2) is 39.4 Å². The molecule has 9 heteroatoms. The first-order valence-corrected chi connectivity index (χ1v) is 9.02. The Morgan fingerprint density at radius 3 is 2.21 bits per heavy atom. The number of ether oxygens (including phenoxy) is 3. The number of hydrogen-bond acceptors (Lipinski definition) is 6. The van der Waals surface area contributed by atoms with E-state index in [2.05, 4.69) is 15.8 Å². The molecular weight excluding hydrogens is 398 g/mol. The Hall–Kier alpha value is -3.26. The second kappa shape index (κ2) is 10.9. The number of para-hydroxylation sites is 1. The number of carbonyl (C=O) groups is 2. The molecule has 2 aromatic carbocycles. The number of nitrogens with zero attached hydrogens (tertiary/aromatic N) is 1. The number of carbonyl (C=O) groups excluding carboxylic acids is 2. The monoisotopic (exact) mass is 419 g/mol. The quantitative estimate of drug-likeness (QED) is 0.480. The minimum atomic E-state index is -0.400. The van der Waals surface area contributed by atoms with Crippen molar-refractivity contribution in [2.45, 2.75) is 12.8 Å². The third-order valence-electron chi connectivity index (χ3n) is 3.82. The van der Waals surface area contributed by atoms with E-state index < -0.39 is 5.91 Å². The lowest BCUT2D eigenvalue weighted by molar-refractivity contribution is -0.124. The summed E-state index contributed by atoms with van der Waals surface area (Å²) in [5.41, 5.74) is 3.51. The average Bonchev–Trinajstić information content (AvgIpc) is 2.73. The molecule has 2 rings (SSSR count). The fourth-order valence-electron chi connectivity index (χ4n) is 2.41. The highest BCUT2D eigenvalue weighted by molar-refractivity contribution is 6.33. The van der Waals surface area contributed by atoms with Gasteiger partial charge in [-0.2, -0.15) is 5.10 Å². The zero-order chi connectivity index (χ0) is 21.2. The third-order valence-corrected chi connectivity index (χ3v) is 4.15. The molecule has 2 aromatic rings. The first-order chi connectivity index (χ1) is 14.0. The zero-order valence-electron chi connectivity index (χ0n) is 16.3. The van der Waals surface area contributed by atoms with Crippen LogP contribution in [0.3, 0.4) is 0 Å². The number of nitrogens with one attached hydrogen (secondary N) is 2. The summed E-state index contributed by atoms with van der Waals surface area (Å²) in [5, 5.41) is 6.98. The van der Waals surface area contributed by atoms with E-state index in [4.69, 9.17) is 25.8 Å². The summed E-state index contributed by atoms with van der Waals surface area (Å²) < 4.78 is 15.8. The number of methoxy groups -OCH3 is 3. The van der Waals surface area contributed by atoms with Crippen molar-refractivity contribution >= 4 is 35.3 Å². The lowest BCUT2D eigenvalue weighted by Crippen LogP contribution is -2.20. The lowest BCUT2D eigenvalue weighted by Gasteiger charge is -2.12. The van der Waals surface area contributed by atoms with Crippen molar-refractivity contribution in [1.29, 1.82) is 0 Å². The van der Waals surface area contributed by atoms with Gasteiger partial charge in [0.1, 0.15) is 0 Å². The van der Waals surface area contributed by atoms with Crippen molar-refractivity contribution in [2.24, 2.45) is 5.10 Å². The predicted octanol–water partition coefficient (Wildman–Crippen LogP) is 3.23. The topological polar surface area (TPSA) is 98.2 Å². The Morgan fingerprint density at radius 2 is 1.62 bits per heavy atom. The molecule has 0 radical (unpaired) electrons. The van der Waals surface area contributed by atoms with Crippen molar-refractivity contribution in [3.63, 3.8) is 0 Å². The van der Waals surface area contributed by atoms with Crippen LogP contribution in [0.25, 0.3) is 0 Å². The molecule has 0 aromatic heterocycles. The van der Waals surface area contributed by atoms with Gasteiger partial charge in [0, 0.05) is 18.4 Å². The molecule has 0 atom stereocenters. The Balaban J connectivity index is 1.88. The molecule has 0 bridgehead atoms. The molecule has 0 saturated carbocycles. The number of amides is 2. The summed E-state index contributed by atoms with van der Waals surface area (Å²) in [4.78, 5) is 23.8. The van der Waals surface area contributed by atoms with Gasteiger partial charge >= 0.3 is 0 Å². The molecular formula is C20H22ClN3O5. The molecule has 0 aliphatic carbocycles. The van der Waals surface area contributed by atoms with Crippen LogP contribution in [0.1, 0.15) is 18.4 Å². The number of rotatable bonds is 9. The van der Waals surface area contributed by atoms with Crippen LogP contribution in [0.15, 0.2) is 41.5 Å². The van der Waals surface area contributed by atoms with Crippen molar-refractivity contribution in [3.05, 3.63) is 47.0 Å². The van der Waals surface area contributed by atoms with Gasteiger partial charge in [-0.25, -0.2) is 5.43 Å². The summed E-state index contributed by atoms with van der Waals surface area (Å²) >= 11 is 5.98. The maximum Gasteiger partial charge on any atom is 0.240 e. The van der Waals surface area contributed by atoms with E-state index >= 15 is 0 Å². The van der Waals surface area contributed by atoms with Gasteiger partial charge in [-0.05, 0) is 24.3 Å². The van der Waals surface area contributed by atoms with Gasteiger partial charge in [-0.3, -0.25) is 9.59 Å². The summed E-state index contributed by atoms with van der Waals surface area (Å²) in [7, 11) is 4.53. The van der Waals surface area contributed by atoms with Gasteiger partial charge in [-0.1, -0.05) is 23.7 Å². The number of hydrogen-bond donors (Lipinski definition) is 2. The summed E-state index contributed by atoms with van der Waals surface area (Å²) in [5.74, 6) is 0.678. The average molecular weight is 420 g/mol. The van der Waals surface area contributed by atoms with Crippen LogP contribution >= 0.6 is 11.6 Å². The van der Waals surface area contributed by atoms with Crippen molar-refractivity contribution in [2.75, 3.05) is 26.6 Å². The minimum Gasteiger partial charge on any atom is -0.493 e. The third kappa shape index (κ3) is 6.39. The summed E-state index contributed by atoms with van der Waals surface area (Å²) in [6.07, 6.45) is 1.41. The van der Waals surface area contributed by atoms with Crippen LogP contribution in [0.4, 0.5) is 5.69 Å². The number of benzene rings is 2. The number of hydrazone groups is 1. The van der Waals surface area contributed by atoms with E-state index in [1.807, 2.05) is 0 Å². The van der Waals surface area contributed by atoms with Crippen LogP contribution in [0.2, 0.25) is 5.02 Å². The van der Waals surface area contributed by atoms with Crippen LogP contribution in [-0.2, 0) is 9.59 Å². The van der Waals surface area contributed by atoms with Crippen molar-refractivity contribution in [3.8, 4) is 17.2 Å². The molecule has 0 fully saturated rings. The zero-order valence-corrected chi connectivity index (χ0v) is 17.1. The van der Waals surface area contributed by atoms with Crippen molar-refractivity contribution in [1.82, 2.24) is 5.43 Å². The Morgan fingerprint density at radius 1 is 1.00 bits per heavy atom. The smallest absolute Gasteiger partial charge is 0.240 e. The van der Waals surface area contributed by atoms with E-state index in [1.165, 1.54) is 27.5 Å². The highest BCUT2D eigenvalue weighted by Crippen LogP contribution is 2.37. The van der Waals surface area contributed by atoms with E-state index in [-0.39, 0.29) is 18.7 Å². The SMILES string of the molecule is COc1cc(C=NNC(=O)CCC(=O)Nc2ccccc2Cl)cc(OC)c1OC. The Labute approximate surface area is 173 Å². The Bertz CT molecular complexity index is 876. The van der Waals surface area contributed by atoms with Crippen molar-refractivity contribution < 1.29 is 23.8 Å². The molecule has 0 spiro atoms. The Kier molecular flexibility index (Phi) is 8.29. The molecule has 2 N–H and O–H groups in total. The van der Waals surface area contributed by atoms with Gasteiger partial charge in [0.15, 0.2) is 11.5 Å². The highest BCUT2D eigenvalue weighted by atomic mass is 35.5. The maximum atomic E-state index is 11.9. The number of halogens is 1. The lowest BCUT2D eigenvalue weighted by atomic mass is 10.2.